The van der Waals surface area contributed by atoms with Gasteiger partial charge in [0.25, 0.3) is 0 Å². The fraction of sp³-hybridized carbons (Fsp3) is 1.00. The fourth-order valence-corrected chi connectivity index (χ4v) is 1.21. The second-order valence-corrected chi connectivity index (χ2v) is 2.76. The van der Waals surface area contributed by atoms with Crippen LogP contribution in [0.5, 0.6) is 0 Å². The first-order valence-corrected chi connectivity index (χ1v) is 3.45. The minimum Gasteiger partial charge on any atom is -0.395 e. The van der Waals surface area contributed by atoms with Crippen molar-refractivity contribution < 1.29 is 18.3 Å². The molecule has 0 saturated carbocycles. The summed E-state index contributed by atoms with van der Waals surface area (Å²) in [7, 11) is 0. The molecule has 0 aromatic carbocycles. The van der Waals surface area contributed by atoms with E-state index in [0.717, 1.165) is 0 Å². The third kappa shape index (κ3) is 2.80. The van der Waals surface area contributed by atoms with Crippen LogP contribution in [-0.2, 0) is 0 Å². The van der Waals surface area contributed by atoms with Gasteiger partial charge in [-0.2, -0.15) is 13.2 Å². The van der Waals surface area contributed by atoms with Gasteiger partial charge in [0, 0.05) is 12.6 Å². The molecule has 1 rings (SSSR count). The van der Waals surface area contributed by atoms with E-state index in [2.05, 4.69) is 5.32 Å². The van der Waals surface area contributed by atoms with Crippen LogP contribution in [0.15, 0.2) is 0 Å². The summed E-state index contributed by atoms with van der Waals surface area (Å²) in [6, 6.07) is -0.373. The molecule has 0 radical (unpaired) electrons. The van der Waals surface area contributed by atoms with Crippen LogP contribution in [0.3, 0.4) is 0 Å². The van der Waals surface area contributed by atoms with Gasteiger partial charge in [0.05, 0.1) is 12.5 Å². The quantitative estimate of drug-likeness (QED) is 0.668. The van der Waals surface area contributed by atoms with E-state index in [1.54, 1.807) is 0 Å². The lowest BCUT2D eigenvalue weighted by Gasteiger charge is -2.12. The van der Waals surface area contributed by atoms with E-state index < -0.39 is 12.1 Å². The Morgan fingerprint density at radius 3 is 2.25 bits per heavy atom. The average molecular weight is 206 g/mol. The molecule has 0 unspecified atom stereocenters. The number of aliphatic hydroxyl groups excluding tert-OH is 1. The zero-order valence-electron chi connectivity index (χ0n) is 6.27. The molecule has 74 valence electrons. The Morgan fingerprint density at radius 2 is 2.00 bits per heavy atom. The molecule has 0 amide bonds. The maximum atomic E-state index is 11.9. The van der Waals surface area contributed by atoms with Gasteiger partial charge in [-0.15, -0.1) is 12.4 Å². The van der Waals surface area contributed by atoms with Crippen molar-refractivity contribution in [2.45, 2.75) is 18.6 Å². The Morgan fingerprint density at radius 1 is 1.42 bits per heavy atom. The largest absolute Gasteiger partial charge is 0.395 e. The molecule has 1 saturated heterocycles. The van der Waals surface area contributed by atoms with Crippen molar-refractivity contribution in [2.75, 3.05) is 13.2 Å². The average Bonchev–Trinajstić information content (AvgIpc) is 2.32. The van der Waals surface area contributed by atoms with Gasteiger partial charge in [0.1, 0.15) is 0 Å². The first kappa shape index (κ1) is 12.0. The highest BCUT2D eigenvalue weighted by Crippen LogP contribution is 2.32. The van der Waals surface area contributed by atoms with Gasteiger partial charge in [-0.1, -0.05) is 0 Å². The lowest BCUT2D eigenvalue weighted by Crippen LogP contribution is -2.25. The standard InChI is InChI=1S/C6H10F3NO.ClH/c7-6(8,9)4-1-5(3-11)10-2-4;/h4-5,10-11H,1-3H2;1H/t4-,5-;/m0./s1. The molecule has 0 bridgehead atoms. The maximum absolute atomic E-state index is 11.9. The van der Waals surface area contributed by atoms with Crippen LogP contribution in [0.4, 0.5) is 13.2 Å². The van der Waals surface area contributed by atoms with Gasteiger partial charge in [-0.25, -0.2) is 0 Å². The zero-order valence-corrected chi connectivity index (χ0v) is 7.08. The molecule has 0 aromatic rings. The van der Waals surface area contributed by atoms with Crippen molar-refractivity contribution in [3.05, 3.63) is 0 Å². The summed E-state index contributed by atoms with van der Waals surface area (Å²) < 4.78 is 35.8. The monoisotopic (exact) mass is 205 g/mol. The molecule has 0 aliphatic carbocycles. The molecule has 1 fully saturated rings. The normalized spacial score (nSPS) is 30.0. The van der Waals surface area contributed by atoms with Crippen LogP contribution >= 0.6 is 12.4 Å². The summed E-state index contributed by atoms with van der Waals surface area (Å²) in [6.45, 7) is -0.276. The smallest absolute Gasteiger partial charge is 0.393 e. The fourth-order valence-electron chi connectivity index (χ4n) is 1.21. The van der Waals surface area contributed by atoms with Crippen molar-refractivity contribution in [2.24, 2.45) is 5.92 Å². The predicted molar refractivity (Wildman–Crippen MR) is 40.3 cm³/mol. The third-order valence-electron chi connectivity index (χ3n) is 1.91. The molecule has 2 atom stereocenters. The van der Waals surface area contributed by atoms with Crippen LogP contribution in [0.1, 0.15) is 6.42 Å². The Labute approximate surface area is 74.6 Å². The highest BCUT2D eigenvalue weighted by molar-refractivity contribution is 5.85. The summed E-state index contributed by atoms with van der Waals surface area (Å²) in [6.07, 6.45) is -4.11. The van der Waals surface area contributed by atoms with Crippen molar-refractivity contribution in [1.29, 1.82) is 0 Å². The molecule has 1 aliphatic heterocycles. The van der Waals surface area contributed by atoms with Crippen LogP contribution in [0.25, 0.3) is 0 Å². The Bertz CT molecular complexity index is 141. The molecule has 2 nitrogen and oxygen atoms in total. The maximum Gasteiger partial charge on any atom is 0.393 e. The first-order chi connectivity index (χ1) is 5.04. The van der Waals surface area contributed by atoms with Gasteiger partial charge in [0.15, 0.2) is 0 Å². The number of halogens is 4. The van der Waals surface area contributed by atoms with Crippen LogP contribution < -0.4 is 5.32 Å². The van der Waals surface area contributed by atoms with Crippen LogP contribution in [0, 0.1) is 5.92 Å². The van der Waals surface area contributed by atoms with E-state index in [1.807, 2.05) is 0 Å². The predicted octanol–water partition coefficient (Wildman–Crippen LogP) is 0.941. The summed E-state index contributed by atoms with van der Waals surface area (Å²) in [4.78, 5) is 0. The Balaban J connectivity index is 0.00000121. The van der Waals surface area contributed by atoms with Crippen molar-refractivity contribution in [3.63, 3.8) is 0 Å². The van der Waals surface area contributed by atoms with E-state index >= 15 is 0 Å². The molecular weight excluding hydrogens is 195 g/mol. The summed E-state index contributed by atoms with van der Waals surface area (Å²) >= 11 is 0. The van der Waals surface area contributed by atoms with Gasteiger partial charge in [-0.05, 0) is 6.42 Å². The number of rotatable bonds is 1. The number of hydrogen-bond donors (Lipinski definition) is 2. The van der Waals surface area contributed by atoms with Gasteiger partial charge < -0.3 is 10.4 Å². The van der Waals surface area contributed by atoms with Crippen molar-refractivity contribution in [3.8, 4) is 0 Å². The molecule has 0 spiro atoms. The van der Waals surface area contributed by atoms with Gasteiger partial charge >= 0.3 is 6.18 Å². The Kier molecular flexibility index (Phi) is 4.30. The molecule has 1 aliphatic rings. The lowest BCUT2D eigenvalue weighted by atomic mass is 10.1. The zero-order chi connectivity index (χ0) is 8.48. The summed E-state index contributed by atoms with van der Waals surface area (Å²) in [5, 5.41) is 11.1. The topological polar surface area (TPSA) is 32.3 Å². The lowest BCUT2D eigenvalue weighted by molar-refractivity contribution is -0.169. The third-order valence-corrected chi connectivity index (χ3v) is 1.91. The number of aliphatic hydroxyl groups is 1. The molecule has 1 heterocycles. The van der Waals surface area contributed by atoms with E-state index in [-0.39, 0.29) is 38.0 Å². The Hall–Kier alpha value is -0.0000000000000000486. The molecule has 12 heavy (non-hydrogen) atoms. The molecule has 2 N–H and O–H groups in total. The highest BCUT2D eigenvalue weighted by atomic mass is 35.5. The SMILES string of the molecule is Cl.OC[C@@H]1C[C@H](C(F)(F)F)CN1. The highest BCUT2D eigenvalue weighted by Gasteiger charge is 2.43. The molecule has 0 aromatic heterocycles. The van der Waals surface area contributed by atoms with E-state index in [4.69, 9.17) is 5.11 Å². The minimum atomic E-state index is -4.11. The molecule has 6 heteroatoms. The summed E-state index contributed by atoms with van der Waals surface area (Å²) in [5.74, 6) is -1.28. The van der Waals surface area contributed by atoms with Crippen molar-refractivity contribution in [1.82, 2.24) is 5.32 Å². The molecular formula is C6H11ClF3NO. The van der Waals surface area contributed by atoms with E-state index in [9.17, 15) is 13.2 Å². The number of nitrogens with one attached hydrogen (secondary N) is 1. The van der Waals surface area contributed by atoms with Gasteiger partial charge in [0.2, 0.25) is 0 Å². The minimum absolute atomic E-state index is 0. The van der Waals surface area contributed by atoms with Crippen LogP contribution in [0.2, 0.25) is 0 Å². The number of alkyl halides is 3. The second-order valence-electron chi connectivity index (χ2n) is 2.76. The van der Waals surface area contributed by atoms with E-state index in [1.165, 1.54) is 0 Å². The van der Waals surface area contributed by atoms with Crippen molar-refractivity contribution >= 4 is 12.4 Å². The summed E-state index contributed by atoms with van der Waals surface area (Å²) in [5.41, 5.74) is 0. The van der Waals surface area contributed by atoms with E-state index in [0.29, 0.717) is 0 Å². The first-order valence-electron chi connectivity index (χ1n) is 3.45. The second kappa shape index (κ2) is 4.30. The van der Waals surface area contributed by atoms with Crippen LogP contribution in [-0.4, -0.2) is 30.5 Å². The van der Waals surface area contributed by atoms with Gasteiger partial charge in [-0.3, -0.25) is 0 Å². The number of hydrogen-bond acceptors (Lipinski definition) is 2.